The third-order valence-corrected chi connectivity index (χ3v) is 3.09. The zero-order valence-electron chi connectivity index (χ0n) is 15.1. The fourth-order valence-corrected chi connectivity index (χ4v) is 1.62. The van der Waals surface area contributed by atoms with E-state index in [9.17, 15) is 9.59 Å². The first-order valence-electron chi connectivity index (χ1n) is 8.23. The van der Waals surface area contributed by atoms with Gasteiger partial charge >= 0.3 is 5.97 Å². The van der Waals surface area contributed by atoms with Gasteiger partial charge in [-0.15, -0.1) is 0 Å². The molecule has 0 unspecified atom stereocenters. The molecule has 24 heavy (non-hydrogen) atoms. The van der Waals surface area contributed by atoms with Crippen LogP contribution in [-0.4, -0.2) is 90.3 Å². The van der Waals surface area contributed by atoms with Crippen LogP contribution in [0.25, 0.3) is 0 Å². The van der Waals surface area contributed by atoms with Crippen molar-refractivity contribution in [1.29, 1.82) is 0 Å². The first-order chi connectivity index (χ1) is 11.6. The van der Waals surface area contributed by atoms with E-state index in [1.807, 2.05) is 6.92 Å². The highest BCUT2D eigenvalue weighted by Gasteiger charge is 2.04. The van der Waals surface area contributed by atoms with Gasteiger partial charge in [0.2, 0.25) is 5.91 Å². The van der Waals surface area contributed by atoms with Crippen molar-refractivity contribution in [3.63, 3.8) is 0 Å². The molecular weight excluding hydrogens is 318 g/mol. The maximum atomic E-state index is 11.3. The van der Waals surface area contributed by atoms with Gasteiger partial charge in [-0.2, -0.15) is 0 Å². The van der Waals surface area contributed by atoms with E-state index in [1.54, 1.807) is 11.9 Å². The van der Waals surface area contributed by atoms with Crippen LogP contribution in [0.1, 0.15) is 19.8 Å². The normalized spacial score (nSPS) is 10.6. The molecule has 0 aliphatic heterocycles. The molecule has 8 heteroatoms. The molecule has 0 aromatic rings. The second-order valence-corrected chi connectivity index (χ2v) is 4.94. The van der Waals surface area contributed by atoms with Gasteiger partial charge in [0.25, 0.3) is 0 Å². The molecule has 0 heterocycles. The Labute approximate surface area is 144 Å². The van der Waals surface area contributed by atoms with Gasteiger partial charge in [-0.1, -0.05) is 6.92 Å². The van der Waals surface area contributed by atoms with Gasteiger partial charge in [-0.25, -0.2) is 0 Å². The van der Waals surface area contributed by atoms with Gasteiger partial charge in [-0.05, 0) is 0 Å². The van der Waals surface area contributed by atoms with Gasteiger partial charge in [0.15, 0.2) is 0 Å². The highest BCUT2D eigenvalue weighted by Crippen LogP contribution is 1.90. The van der Waals surface area contributed by atoms with Crippen LogP contribution in [0.3, 0.4) is 0 Å². The highest BCUT2D eigenvalue weighted by molar-refractivity contribution is 5.75. The maximum Gasteiger partial charge on any atom is 0.307 e. The summed E-state index contributed by atoms with van der Waals surface area (Å²) >= 11 is 0. The Balaban J connectivity index is 3.15. The molecule has 0 atom stereocenters. The summed E-state index contributed by atoms with van der Waals surface area (Å²) in [5.41, 5.74) is 0. The van der Waals surface area contributed by atoms with Crippen LogP contribution >= 0.6 is 0 Å². The molecule has 0 spiro atoms. The summed E-state index contributed by atoms with van der Waals surface area (Å²) in [6, 6.07) is 0. The molecule has 0 aliphatic carbocycles. The molecule has 0 aromatic carbocycles. The van der Waals surface area contributed by atoms with Crippen molar-refractivity contribution in [3.8, 4) is 0 Å². The van der Waals surface area contributed by atoms with Crippen LogP contribution in [0, 0.1) is 0 Å². The largest absolute Gasteiger partial charge is 0.469 e. The number of likely N-dealkylation sites (N-methyl/N-ethyl adjacent to an activating group) is 1. The summed E-state index contributed by atoms with van der Waals surface area (Å²) < 4.78 is 25.7. The topological polar surface area (TPSA) is 83.5 Å². The van der Waals surface area contributed by atoms with Crippen molar-refractivity contribution in [2.24, 2.45) is 0 Å². The fraction of sp³-hybridized carbons (Fsp3) is 0.875. The smallest absolute Gasteiger partial charge is 0.307 e. The van der Waals surface area contributed by atoms with Gasteiger partial charge in [0, 0.05) is 20.0 Å². The highest BCUT2D eigenvalue weighted by atomic mass is 16.6. The average Bonchev–Trinajstić information content (AvgIpc) is 2.60. The number of rotatable bonds is 16. The molecule has 8 nitrogen and oxygen atoms in total. The number of carbonyl (C=O) groups is 2. The summed E-state index contributed by atoms with van der Waals surface area (Å²) in [5.74, 6) is -0.170. The third kappa shape index (κ3) is 14.4. The lowest BCUT2D eigenvalue weighted by Gasteiger charge is -2.16. The quantitative estimate of drug-likeness (QED) is 0.296. The maximum absolute atomic E-state index is 11.3. The summed E-state index contributed by atoms with van der Waals surface area (Å²) in [7, 11) is 3.12. The third-order valence-electron chi connectivity index (χ3n) is 3.09. The van der Waals surface area contributed by atoms with E-state index < -0.39 is 0 Å². The van der Waals surface area contributed by atoms with Crippen LogP contribution in [-0.2, 0) is 33.3 Å². The molecule has 0 aromatic heterocycles. The number of hydrogen-bond acceptors (Lipinski definition) is 7. The van der Waals surface area contributed by atoms with Gasteiger partial charge in [-0.3, -0.25) is 9.59 Å². The van der Waals surface area contributed by atoms with Crippen LogP contribution in [0.5, 0.6) is 0 Å². The number of methoxy groups -OCH3 is 1. The van der Waals surface area contributed by atoms with E-state index in [0.29, 0.717) is 65.8 Å². The van der Waals surface area contributed by atoms with Crippen molar-refractivity contribution in [1.82, 2.24) is 4.90 Å². The first-order valence-corrected chi connectivity index (χ1v) is 8.23. The molecule has 0 saturated carbocycles. The van der Waals surface area contributed by atoms with E-state index >= 15 is 0 Å². The molecule has 142 valence electrons. The van der Waals surface area contributed by atoms with Crippen LogP contribution in [0.4, 0.5) is 0 Å². The Kier molecular flexibility index (Phi) is 15.8. The lowest BCUT2D eigenvalue weighted by atomic mass is 10.4. The van der Waals surface area contributed by atoms with Gasteiger partial charge in [0.1, 0.15) is 0 Å². The zero-order chi connectivity index (χ0) is 18.0. The van der Waals surface area contributed by atoms with Crippen LogP contribution in [0.15, 0.2) is 0 Å². The number of esters is 1. The Bertz CT molecular complexity index is 326. The number of amides is 1. The molecule has 0 fully saturated rings. The molecule has 0 radical (unpaired) electrons. The van der Waals surface area contributed by atoms with Gasteiger partial charge in [0.05, 0.1) is 66.4 Å². The zero-order valence-corrected chi connectivity index (χ0v) is 15.1. The fourth-order valence-electron chi connectivity index (χ4n) is 1.62. The average molecular weight is 349 g/mol. The number of nitrogens with zero attached hydrogens (tertiary/aromatic N) is 1. The van der Waals surface area contributed by atoms with Gasteiger partial charge < -0.3 is 28.6 Å². The Morgan fingerprint density at radius 2 is 1.25 bits per heavy atom. The predicted octanol–water partition coefficient (Wildman–Crippen LogP) is 0.484. The molecule has 1 amide bonds. The number of ether oxygens (including phenoxy) is 5. The lowest BCUT2D eigenvalue weighted by molar-refractivity contribution is -0.142. The van der Waals surface area contributed by atoms with Crippen molar-refractivity contribution in [3.05, 3.63) is 0 Å². The van der Waals surface area contributed by atoms with E-state index in [2.05, 4.69) is 4.74 Å². The summed E-state index contributed by atoms with van der Waals surface area (Å²) in [5, 5.41) is 0. The summed E-state index contributed by atoms with van der Waals surface area (Å²) in [4.78, 5) is 23.8. The Morgan fingerprint density at radius 1 is 0.792 bits per heavy atom. The Hall–Kier alpha value is -1.22. The van der Waals surface area contributed by atoms with E-state index in [1.165, 1.54) is 7.11 Å². The van der Waals surface area contributed by atoms with Crippen molar-refractivity contribution in [2.45, 2.75) is 19.8 Å². The first kappa shape index (κ1) is 22.8. The lowest BCUT2D eigenvalue weighted by Crippen LogP contribution is -2.29. The SMILES string of the molecule is CCC(=O)N(C)CCOCCOCCOCCOCCC(=O)OC. The molecular formula is C16H31NO7. The molecule has 0 N–H and O–H groups in total. The van der Waals surface area contributed by atoms with Crippen molar-refractivity contribution in [2.75, 3.05) is 73.6 Å². The summed E-state index contributed by atoms with van der Waals surface area (Å²) in [6.45, 7) is 6.11. The standard InChI is InChI=1S/C16H31NO7/c1-4-15(18)17(2)6-8-22-10-12-24-14-13-23-11-9-21-7-5-16(19)20-3/h4-14H2,1-3H3. The van der Waals surface area contributed by atoms with E-state index in [0.717, 1.165) is 0 Å². The Morgan fingerprint density at radius 3 is 1.71 bits per heavy atom. The van der Waals surface area contributed by atoms with E-state index in [-0.39, 0.29) is 18.3 Å². The van der Waals surface area contributed by atoms with Crippen LogP contribution < -0.4 is 0 Å². The van der Waals surface area contributed by atoms with Crippen LogP contribution in [0.2, 0.25) is 0 Å². The van der Waals surface area contributed by atoms with E-state index in [4.69, 9.17) is 18.9 Å². The van der Waals surface area contributed by atoms with Crippen molar-refractivity contribution < 1.29 is 33.3 Å². The number of hydrogen-bond donors (Lipinski definition) is 0. The van der Waals surface area contributed by atoms with Crippen molar-refractivity contribution >= 4 is 11.9 Å². The second-order valence-electron chi connectivity index (χ2n) is 4.94. The number of carbonyl (C=O) groups excluding carboxylic acids is 2. The summed E-state index contributed by atoms with van der Waals surface area (Å²) in [6.07, 6.45) is 0.762. The second kappa shape index (κ2) is 16.6. The minimum absolute atomic E-state index is 0.112. The molecule has 0 rings (SSSR count). The minimum Gasteiger partial charge on any atom is -0.469 e. The molecule has 0 bridgehead atoms. The molecule has 0 aliphatic rings. The molecule has 0 saturated heterocycles. The monoisotopic (exact) mass is 349 g/mol. The predicted molar refractivity (Wildman–Crippen MR) is 87.8 cm³/mol. The minimum atomic E-state index is -0.282.